The van der Waals surface area contributed by atoms with E-state index in [1.54, 1.807) is 35.0 Å². The second kappa shape index (κ2) is 7.22. The molecule has 1 amide bonds. The lowest BCUT2D eigenvalue weighted by molar-refractivity contribution is -0.116. The van der Waals surface area contributed by atoms with Crippen molar-refractivity contribution in [3.8, 4) is 0 Å². The molecule has 0 aliphatic heterocycles. The molecule has 3 aromatic heterocycles. The van der Waals surface area contributed by atoms with Crippen molar-refractivity contribution in [3.63, 3.8) is 0 Å². The van der Waals surface area contributed by atoms with Gasteiger partial charge in [0.05, 0.1) is 11.2 Å². The van der Waals surface area contributed by atoms with Gasteiger partial charge in [0.15, 0.2) is 5.65 Å². The van der Waals surface area contributed by atoms with Gasteiger partial charge >= 0.3 is 0 Å². The van der Waals surface area contributed by atoms with Crippen LogP contribution in [0.5, 0.6) is 0 Å². The average molecular weight is 382 g/mol. The maximum absolute atomic E-state index is 13.6. The van der Waals surface area contributed by atoms with E-state index in [-0.39, 0.29) is 24.2 Å². The van der Waals surface area contributed by atoms with Crippen LogP contribution in [0.15, 0.2) is 59.7 Å². The summed E-state index contributed by atoms with van der Waals surface area (Å²) in [5.74, 6) is -1.81. The molecule has 1 N–H and O–H groups in total. The van der Waals surface area contributed by atoms with E-state index in [1.807, 2.05) is 6.07 Å². The average Bonchev–Trinajstić information content (AvgIpc) is 3.18. The number of pyridine rings is 1. The Hall–Kier alpha value is -3.55. The molecule has 0 fully saturated rings. The molecule has 0 radical (unpaired) electrons. The second-order valence-corrected chi connectivity index (χ2v) is 6.34. The molecule has 0 aliphatic carbocycles. The minimum Gasteiger partial charge on any atom is -0.324 e. The maximum Gasteiger partial charge on any atom is 0.276 e. The van der Waals surface area contributed by atoms with E-state index in [4.69, 9.17) is 0 Å². The molecule has 4 aromatic rings. The van der Waals surface area contributed by atoms with Crippen LogP contribution in [0.4, 0.5) is 14.5 Å². The van der Waals surface area contributed by atoms with Crippen molar-refractivity contribution >= 4 is 28.3 Å². The van der Waals surface area contributed by atoms with E-state index in [0.717, 1.165) is 23.7 Å². The molecule has 0 spiro atoms. The summed E-state index contributed by atoms with van der Waals surface area (Å²) in [7, 11) is 0. The van der Waals surface area contributed by atoms with Gasteiger partial charge in [0.2, 0.25) is 5.91 Å². The van der Waals surface area contributed by atoms with Crippen molar-refractivity contribution in [3.05, 3.63) is 76.8 Å². The molecule has 1 aromatic carbocycles. The van der Waals surface area contributed by atoms with Crippen LogP contribution in [0.25, 0.3) is 16.7 Å². The quantitative estimate of drug-likeness (QED) is 0.576. The molecule has 0 atom stereocenters. The number of hydrogen-bond acceptors (Lipinski definition) is 3. The lowest BCUT2D eigenvalue weighted by Crippen LogP contribution is -2.24. The lowest BCUT2D eigenvalue weighted by atomic mass is 10.2. The van der Waals surface area contributed by atoms with Crippen LogP contribution in [0.2, 0.25) is 0 Å². The summed E-state index contributed by atoms with van der Waals surface area (Å²) in [5, 5.41) is 2.35. The van der Waals surface area contributed by atoms with E-state index in [1.165, 1.54) is 4.57 Å². The van der Waals surface area contributed by atoms with Gasteiger partial charge in [0.25, 0.3) is 5.56 Å². The van der Waals surface area contributed by atoms with Gasteiger partial charge in [-0.05, 0) is 42.8 Å². The van der Waals surface area contributed by atoms with Gasteiger partial charge in [-0.25, -0.2) is 13.8 Å². The van der Waals surface area contributed by atoms with Crippen molar-refractivity contribution in [2.24, 2.45) is 0 Å². The van der Waals surface area contributed by atoms with Crippen LogP contribution < -0.4 is 10.9 Å². The Bertz CT molecular complexity index is 1250. The third kappa shape index (κ3) is 3.24. The largest absolute Gasteiger partial charge is 0.324 e. The molecular weight excluding hydrogens is 366 g/mol. The number of anilines is 1. The molecule has 0 saturated heterocycles. The lowest BCUT2D eigenvalue weighted by Gasteiger charge is -2.11. The van der Waals surface area contributed by atoms with Gasteiger partial charge in [-0.1, -0.05) is 0 Å². The number of carbonyl (C=O) groups is 1. The Morgan fingerprint density at radius 1 is 1.11 bits per heavy atom. The minimum absolute atomic E-state index is 0.0446. The smallest absolute Gasteiger partial charge is 0.276 e. The normalized spacial score (nSPS) is 11.2. The summed E-state index contributed by atoms with van der Waals surface area (Å²) in [4.78, 5) is 29.1. The van der Waals surface area contributed by atoms with Crippen molar-refractivity contribution < 1.29 is 13.6 Å². The summed E-state index contributed by atoms with van der Waals surface area (Å²) in [6.45, 7) is 0.271. The van der Waals surface area contributed by atoms with Gasteiger partial charge in [0, 0.05) is 31.4 Å². The van der Waals surface area contributed by atoms with Gasteiger partial charge in [0.1, 0.15) is 17.2 Å². The Kier molecular flexibility index (Phi) is 4.60. The summed E-state index contributed by atoms with van der Waals surface area (Å²) in [6.07, 6.45) is 3.78. The highest BCUT2D eigenvalue weighted by Gasteiger charge is 2.12. The number of hydrogen-bond donors (Lipinski definition) is 1. The zero-order valence-electron chi connectivity index (χ0n) is 14.7. The molecule has 0 bridgehead atoms. The zero-order valence-corrected chi connectivity index (χ0v) is 14.7. The third-order valence-corrected chi connectivity index (χ3v) is 4.48. The zero-order chi connectivity index (χ0) is 19.7. The van der Waals surface area contributed by atoms with Crippen LogP contribution in [0, 0.1) is 11.6 Å². The van der Waals surface area contributed by atoms with E-state index < -0.39 is 17.5 Å². The highest BCUT2D eigenvalue weighted by molar-refractivity contribution is 5.90. The molecule has 0 unspecified atom stereocenters. The fourth-order valence-electron chi connectivity index (χ4n) is 3.20. The highest BCUT2D eigenvalue weighted by atomic mass is 19.1. The first kappa shape index (κ1) is 17.8. The van der Waals surface area contributed by atoms with Gasteiger partial charge in [-0.15, -0.1) is 0 Å². The number of nitrogens with one attached hydrogen (secondary N) is 1. The van der Waals surface area contributed by atoms with Crippen molar-refractivity contribution in [2.75, 3.05) is 5.32 Å². The topological polar surface area (TPSA) is 68.4 Å². The Morgan fingerprint density at radius 2 is 1.93 bits per heavy atom. The van der Waals surface area contributed by atoms with Crippen molar-refractivity contribution in [1.82, 2.24) is 14.0 Å². The SMILES string of the molecule is O=C(CCCn1c(=O)c2cccn2c2cccnc21)Nc1cc(F)ccc1F. The van der Waals surface area contributed by atoms with Crippen LogP contribution in [-0.4, -0.2) is 19.9 Å². The maximum atomic E-state index is 13.6. The summed E-state index contributed by atoms with van der Waals surface area (Å²) in [5.41, 5.74) is 1.42. The Labute approximate surface area is 158 Å². The van der Waals surface area contributed by atoms with Crippen molar-refractivity contribution in [1.29, 1.82) is 0 Å². The molecule has 0 saturated carbocycles. The van der Waals surface area contributed by atoms with E-state index in [9.17, 15) is 18.4 Å². The van der Waals surface area contributed by atoms with Crippen molar-refractivity contribution in [2.45, 2.75) is 19.4 Å². The number of fused-ring (bicyclic) bond motifs is 3. The van der Waals surface area contributed by atoms with Gasteiger partial charge in [-0.2, -0.15) is 0 Å². The molecule has 0 aliphatic rings. The van der Waals surface area contributed by atoms with E-state index in [0.29, 0.717) is 17.6 Å². The van der Waals surface area contributed by atoms with Gasteiger partial charge in [-0.3, -0.25) is 14.2 Å². The molecule has 3 heterocycles. The van der Waals surface area contributed by atoms with Crippen LogP contribution in [0.3, 0.4) is 0 Å². The molecule has 28 heavy (non-hydrogen) atoms. The molecule has 6 nitrogen and oxygen atoms in total. The number of rotatable bonds is 5. The van der Waals surface area contributed by atoms with Crippen LogP contribution in [-0.2, 0) is 11.3 Å². The Morgan fingerprint density at radius 3 is 2.79 bits per heavy atom. The predicted molar refractivity (Wildman–Crippen MR) is 101 cm³/mol. The molecule has 142 valence electrons. The first-order valence-electron chi connectivity index (χ1n) is 8.74. The van der Waals surface area contributed by atoms with Crippen LogP contribution >= 0.6 is 0 Å². The molecule has 8 heteroatoms. The summed E-state index contributed by atoms with van der Waals surface area (Å²) >= 11 is 0. The number of aromatic nitrogens is 3. The third-order valence-electron chi connectivity index (χ3n) is 4.48. The standard InChI is InChI=1S/C20H16F2N4O2/c21-13-7-8-14(22)15(12-13)24-18(27)6-3-11-26-19-16(4-1-9-23-19)25-10-2-5-17(25)20(26)28/h1-2,4-5,7-10,12H,3,6,11H2,(H,24,27). The first-order chi connectivity index (χ1) is 13.5. The monoisotopic (exact) mass is 382 g/mol. The fourth-order valence-corrected chi connectivity index (χ4v) is 3.20. The second-order valence-electron chi connectivity index (χ2n) is 6.34. The summed E-state index contributed by atoms with van der Waals surface area (Å²) < 4.78 is 30.1. The number of nitrogens with zero attached hydrogens (tertiary/aromatic N) is 3. The van der Waals surface area contributed by atoms with E-state index >= 15 is 0 Å². The summed E-state index contributed by atoms with van der Waals surface area (Å²) in [6, 6.07) is 10.0. The van der Waals surface area contributed by atoms with Gasteiger partial charge < -0.3 is 9.72 Å². The number of amides is 1. The predicted octanol–water partition coefficient (Wildman–Crippen LogP) is 3.35. The number of carbonyl (C=O) groups excluding carboxylic acids is 1. The Balaban J connectivity index is 1.52. The van der Waals surface area contributed by atoms with E-state index in [2.05, 4.69) is 10.3 Å². The minimum atomic E-state index is -0.708. The van der Waals surface area contributed by atoms with Crippen LogP contribution in [0.1, 0.15) is 12.8 Å². The fraction of sp³-hybridized carbons (Fsp3) is 0.150. The number of benzene rings is 1. The first-order valence-corrected chi connectivity index (χ1v) is 8.74. The molecule has 4 rings (SSSR count). The highest BCUT2D eigenvalue weighted by Crippen LogP contribution is 2.16. The number of aryl methyl sites for hydroxylation is 1. The molecular formula is C20H16F2N4O2. The number of halogens is 2.